The first-order valence-electron chi connectivity index (χ1n) is 3.07. The van der Waals surface area contributed by atoms with Crippen molar-refractivity contribution in [2.45, 2.75) is 6.42 Å². The minimum absolute atomic E-state index is 0. The second kappa shape index (κ2) is 2.97. The zero-order valence-corrected chi connectivity index (χ0v) is 7.16. The highest BCUT2D eigenvalue weighted by atomic mass is 79.9. The summed E-state index contributed by atoms with van der Waals surface area (Å²) in [6, 6.07) is 8.22. The van der Waals surface area contributed by atoms with Gasteiger partial charge in [0.25, 0.3) is 0 Å². The topological polar surface area (TPSA) is 12.4 Å². The van der Waals surface area contributed by atoms with Crippen LogP contribution in [0.25, 0.3) is 0 Å². The molecule has 0 radical (unpaired) electrons. The Morgan fingerprint density at radius 3 is 2.80 bits per heavy atom. The van der Waals surface area contributed by atoms with E-state index in [-0.39, 0.29) is 17.0 Å². The summed E-state index contributed by atoms with van der Waals surface area (Å²) in [5, 5.41) is 0. The molecule has 1 nitrogen and oxygen atoms in total. The van der Waals surface area contributed by atoms with Gasteiger partial charge in [0.05, 0.1) is 5.69 Å². The lowest BCUT2D eigenvalue weighted by molar-refractivity contribution is 1.41. The third-order valence-electron chi connectivity index (χ3n) is 1.53. The van der Waals surface area contributed by atoms with E-state index in [0.29, 0.717) is 0 Å². The van der Waals surface area contributed by atoms with Gasteiger partial charge in [0, 0.05) is 12.6 Å². The van der Waals surface area contributed by atoms with Gasteiger partial charge in [-0.15, -0.1) is 17.0 Å². The van der Waals surface area contributed by atoms with E-state index in [4.69, 9.17) is 0 Å². The van der Waals surface area contributed by atoms with E-state index in [1.807, 2.05) is 24.4 Å². The maximum Gasteiger partial charge on any atom is 0.0661 e. The van der Waals surface area contributed by atoms with Crippen LogP contribution < -0.4 is 0 Å². The third-order valence-corrected chi connectivity index (χ3v) is 1.53. The first-order chi connectivity index (χ1) is 4.47. The average molecular weight is 198 g/mol. The molecule has 1 aromatic carbocycles. The summed E-state index contributed by atoms with van der Waals surface area (Å²) < 4.78 is 0. The van der Waals surface area contributed by atoms with E-state index in [9.17, 15) is 0 Å². The molecule has 1 aromatic rings. The fourth-order valence-corrected chi connectivity index (χ4v) is 1.05. The minimum Gasteiger partial charge on any atom is -0.261 e. The normalized spacial score (nSPS) is 12.4. The maximum atomic E-state index is 4.17. The van der Waals surface area contributed by atoms with Crippen LogP contribution in [0.1, 0.15) is 5.56 Å². The summed E-state index contributed by atoms with van der Waals surface area (Å²) in [6.07, 6.45) is 2.96. The molecule has 0 saturated heterocycles. The highest BCUT2D eigenvalue weighted by molar-refractivity contribution is 8.93. The van der Waals surface area contributed by atoms with E-state index in [1.54, 1.807) is 0 Å². The van der Waals surface area contributed by atoms with Crippen LogP contribution in [0.5, 0.6) is 0 Å². The molecular formula is C8H8BrN. The van der Waals surface area contributed by atoms with Gasteiger partial charge >= 0.3 is 0 Å². The summed E-state index contributed by atoms with van der Waals surface area (Å²) in [5.41, 5.74) is 2.48. The second-order valence-electron chi connectivity index (χ2n) is 2.14. The number of aliphatic imine (C=N–C) groups is 1. The van der Waals surface area contributed by atoms with Gasteiger partial charge in [0.2, 0.25) is 0 Å². The molecular weight excluding hydrogens is 190 g/mol. The number of nitrogens with zero attached hydrogens (tertiary/aromatic N) is 1. The Kier molecular flexibility index (Phi) is 2.22. The summed E-state index contributed by atoms with van der Waals surface area (Å²) in [7, 11) is 0. The zero-order valence-electron chi connectivity index (χ0n) is 5.45. The van der Waals surface area contributed by atoms with Crippen molar-refractivity contribution in [3.8, 4) is 0 Å². The lowest BCUT2D eigenvalue weighted by Crippen LogP contribution is -1.75. The molecule has 0 saturated carbocycles. The Morgan fingerprint density at radius 2 is 2.00 bits per heavy atom. The number of para-hydroxylation sites is 1. The summed E-state index contributed by atoms with van der Waals surface area (Å²) in [4.78, 5) is 4.17. The summed E-state index contributed by atoms with van der Waals surface area (Å²) in [6.45, 7) is 0. The SMILES string of the molecule is Br.C1=Nc2ccccc2C1. The highest BCUT2D eigenvalue weighted by Crippen LogP contribution is 2.22. The Balaban J connectivity index is 0.000000500. The predicted molar refractivity (Wildman–Crippen MR) is 48.6 cm³/mol. The minimum atomic E-state index is 0. The summed E-state index contributed by atoms with van der Waals surface area (Å²) in [5.74, 6) is 0. The third kappa shape index (κ3) is 1.12. The number of halogens is 1. The molecule has 1 heterocycles. The van der Waals surface area contributed by atoms with Crippen molar-refractivity contribution in [1.82, 2.24) is 0 Å². The fraction of sp³-hybridized carbons (Fsp3) is 0.125. The number of hydrogen-bond donors (Lipinski definition) is 0. The first-order valence-corrected chi connectivity index (χ1v) is 3.07. The van der Waals surface area contributed by atoms with Crippen LogP contribution in [0.4, 0.5) is 5.69 Å². The molecule has 0 spiro atoms. The zero-order chi connectivity index (χ0) is 6.10. The van der Waals surface area contributed by atoms with Crippen LogP contribution in [0.3, 0.4) is 0 Å². The van der Waals surface area contributed by atoms with Gasteiger partial charge in [-0.05, 0) is 11.6 Å². The van der Waals surface area contributed by atoms with Crippen LogP contribution in [0.2, 0.25) is 0 Å². The predicted octanol–water partition coefficient (Wildman–Crippen LogP) is 2.52. The standard InChI is InChI=1S/C8H7N.BrH/c1-2-4-8-7(3-1)5-6-9-8;/h1-4,6H,5H2;1H. The molecule has 0 amide bonds. The maximum absolute atomic E-state index is 4.17. The summed E-state index contributed by atoms with van der Waals surface area (Å²) >= 11 is 0. The van der Waals surface area contributed by atoms with Crippen LogP contribution >= 0.6 is 17.0 Å². The van der Waals surface area contributed by atoms with Gasteiger partial charge in [-0.1, -0.05) is 18.2 Å². The van der Waals surface area contributed by atoms with Gasteiger partial charge in [-0.25, -0.2) is 0 Å². The van der Waals surface area contributed by atoms with Crippen molar-refractivity contribution in [2.75, 3.05) is 0 Å². The Bertz CT molecular complexity index is 255. The van der Waals surface area contributed by atoms with E-state index in [2.05, 4.69) is 11.1 Å². The van der Waals surface area contributed by atoms with Crippen molar-refractivity contribution >= 4 is 28.9 Å². The lowest BCUT2D eigenvalue weighted by atomic mass is 10.2. The molecule has 0 aliphatic carbocycles. The molecule has 0 fully saturated rings. The van der Waals surface area contributed by atoms with Crippen LogP contribution in [0, 0.1) is 0 Å². The Hall–Kier alpha value is -0.630. The average Bonchev–Trinajstić information content (AvgIpc) is 2.33. The first kappa shape index (κ1) is 7.48. The molecule has 2 heteroatoms. The number of rotatable bonds is 0. The Labute approximate surface area is 70.6 Å². The molecule has 0 N–H and O–H groups in total. The quantitative estimate of drug-likeness (QED) is 0.607. The van der Waals surface area contributed by atoms with E-state index >= 15 is 0 Å². The van der Waals surface area contributed by atoms with Crippen LogP contribution in [-0.2, 0) is 6.42 Å². The van der Waals surface area contributed by atoms with Crippen molar-refractivity contribution < 1.29 is 0 Å². The molecule has 2 rings (SSSR count). The number of benzene rings is 1. The van der Waals surface area contributed by atoms with Crippen molar-refractivity contribution in [3.05, 3.63) is 29.8 Å². The van der Waals surface area contributed by atoms with Crippen molar-refractivity contribution in [3.63, 3.8) is 0 Å². The highest BCUT2D eigenvalue weighted by Gasteiger charge is 2.01. The van der Waals surface area contributed by atoms with Crippen molar-refractivity contribution in [2.24, 2.45) is 4.99 Å². The van der Waals surface area contributed by atoms with Gasteiger partial charge in [0.15, 0.2) is 0 Å². The number of fused-ring (bicyclic) bond motifs is 1. The number of hydrogen-bond acceptors (Lipinski definition) is 1. The largest absolute Gasteiger partial charge is 0.261 e. The lowest BCUT2D eigenvalue weighted by Gasteiger charge is -1.91. The second-order valence-corrected chi connectivity index (χ2v) is 2.14. The molecule has 0 unspecified atom stereocenters. The molecule has 0 atom stereocenters. The molecule has 52 valence electrons. The molecule has 10 heavy (non-hydrogen) atoms. The molecule has 1 aliphatic heterocycles. The van der Waals surface area contributed by atoms with Crippen LogP contribution in [-0.4, -0.2) is 6.21 Å². The van der Waals surface area contributed by atoms with E-state index in [1.165, 1.54) is 5.56 Å². The molecule has 0 bridgehead atoms. The van der Waals surface area contributed by atoms with E-state index < -0.39 is 0 Å². The fourth-order valence-electron chi connectivity index (χ4n) is 1.05. The smallest absolute Gasteiger partial charge is 0.0661 e. The van der Waals surface area contributed by atoms with Gasteiger partial charge in [-0.2, -0.15) is 0 Å². The van der Waals surface area contributed by atoms with E-state index in [0.717, 1.165) is 12.1 Å². The van der Waals surface area contributed by atoms with Gasteiger partial charge in [-0.3, -0.25) is 4.99 Å². The van der Waals surface area contributed by atoms with Crippen LogP contribution in [0.15, 0.2) is 29.3 Å². The molecule has 1 aliphatic rings. The van der Waals surface area contributed by atoms with Gasteiger partial charge < -0.3 is 0 Å². The molecule has 0 aromatic heterocycles. The monoisotopic (exact) mass is 197 g/mol. The van der Waals surface area contributed by atoms with Gasteiger partial charge in [0.1, 0.15) is 0 Å². The Morgan fingerprint density at radius 1 is 1.20 bits per heavy atom. The van der Waals surface area contributed by atoms with Crippen molar-refractivity contribution in [1.29, 1.82) is 0 Å².